The van der Waals surface area contributed by atoms with E-state index in [0.29, 0.717) is 28.9 Å². The van der Waals surface area contributed by atoms with E-state index >= 15 is 0 Å². The lowest BCUT2D eigenvalue weighted by atomic mass is 9.94. The molecule has 1 N–H and O–H groups in total. The van der Waals surface area contributed by atoms with Crippen LogP contribution in [-0.4, -0.2) is 48.1 Å². The van der Waals surface area contributed by atoms with Crippen molar-refractivity contribution >= 4 is 33.4 Å². The lowest BCUT2D eigenvalue weighted by Gasteiger charge is -2.27. The van der Waals surface area contributed by atoms with Crippen LogP contribution in [0.1, 0.15) is 35.6 Å². The molecule has 2 aromatic rings. The Morgan fingerprint density at radius 3 is 2.71 bits per heavy atom. The second kappa shape index (κ2) is 8.85. The zero-order chi connectivity index (χ0) is 22.1. The summed E-state index contributed by atoms with van der Waals surface area (Å²) in [5, 5.41) is 11.2. The number of methoxy groups -OCH3 is 1. The van der Waals surface area contributed by atoms with Crippen molar-refractivity contribution in [3.05, 3.63) is 69.2 Å². The van der Waals surface area contributed by atoms with Gasteiger partial charge >= 0.3 is 0 Å². The van der Waals surface area contributed by atoms with Crippen molar-refractivity contribution in [2.75, 3.05) is 20.3 Å². The van der Waals surface area contributed by atoms with Gasteiger partial charge in [-0.25, -0.2) is 0 Å². The van der Waals surface area contributed by atoms with Crippen LogP contribution in [0.4, 0.5) is 0 Å². The van der Waals surface area contributed by atoms with Gasteiger partial charge in [0.15, 0.2) is 0 Å². The largest absolute Gasteiger partial charge is 0.507 e. The molecule has 2 aromatic carbocycles. The van der Waals surface area contributed by atoms with Gasteiger partial charge in [0.2, 0.25) is 0 Å². The van der Waals surface area contributed by atoms with E-state index < -0.39 is 17.7 Å². The van der Waals surface area contributed by atoms with Crippen molar-refractivity contribution in [3.63, 3.8) is 0 Å². The molecule has 0 bridgehead atoms. The molecule has 2 unspecified atom stereocenters. The quantitative estimate of drug-likeness (QED) is 0.386. The van der Waals surface area contributed by atoms with Gasteiger partial charge < -0.3 is 19.5 Å². The van der Waals surface area contributed by atoms with Crippen LogP contribution in [0.15, 0.2) is 52.5 Å². The summed E-state index contributed by atoms with van der Waals surface area (Å²) in [7, 11) is 1.55. The molecule has 2 aliphatic heterocycles. The average Bonchev–Trinajstić information content (AvgIpc) is 3.35. The molecule has 2 atom stereocenters. The van der Waals surface area contributed by atoms with Crippen molar-refractivity contribution in [2.45, 2.75) is 31.9 Å². The van der Waals surface area contributed by atoms with Crippen molar-refractivity contribution in [1.29, 1.82) is 0 Å². The maximum absolute atomic E-state index is 13.1. The van der Waals surface area contributed by atoms with Crippen LogP contribution in [0.5, 0.6) is 5.75 Å². The Morgan fingerprint density at radius 2 is 2.06 bits per heavy atom. The standard InChI is InChI=1S/C24H24BrNO5/c1-14-5-3-6-15(11-14)21-20(22(27)16-8-9-19(30-2)18(25)12-16)23(28)24(29)26(21)13-17-7-4-10-31-17/h3,5-6,8-9,11-12,17,21,27H,4,7,10,13H2,1-2H3/b22-20-. The van der Waals surface area contributed by atoms with Gasteiger partial charge in [-0.2, -0.15) is 0 Å². The van der Waals surface area contributed by atoms with Crippen LogP contribution in [0.2, 0.25) is 0 Å². The van der Waals surface area contributed by atoms with Gasteiger partial charge in [-0.3, -0.25) is 9.59 Å². The summed E-state index contributed by atoms with van der Waals surface area (Å²) in [4.78, 5) is 27.7. The molecule has 1 amide bonds. The van der Waals surface area contributed by atoms with Gasteiger partial charge in [0.05, 0.1) is 29.3 Å². The van der Waals surface area contributed by atoms with Crippen molar-refractivity contribution in [2.24, 2.45) is 0 Å². The highest BCUT2D eigenvalue weighted by atomic mass is 79.9. The van der Waals surface area contributed by atoms with Gasteiger partial charge in [0.1, 0.15) is 11.5 Å². The number of carbonyl (C=O) groups is 2. The molecule has 0 saturated carbocycles. The molecule has 162 valence electrons. The van der Waals surface area contributed by atoms with Crippen molar-refractivity contribution in [1.82, 2.24) is 4.90 Å². The number of hydrogen-bond donors (Lipinski definition) is 1. The predicted molar refractivity (Wildman–Crippen MR) is 120 cm³/mol. The predicted octanol–water partition coefficient (Wildman–Crippen LogP) is 4.37. The maximum atomic E-state index is 13.1. The molecule has 6 nitrogen and oxygen atoms in total. The van der Waals surface area contributed by atoms with Crippen LogP contribution in [0.25, 0.3) is 5.76 Å². The Kier molecular flexibility index (Phi) is 6.16. The number of Topliss-reactive ketones (excluding diaryl/α,β-unsaturated/α-hetero) is 1. The number of aliphatic hydroxyl groups excluding tert-OH is 1. The van der Waals surface area contributed by atoms with E-state index in [0.717, 1.165) is 24.0 Å². The first-order valence-electron chi connectivity index (χ1n) is 10.2. The number of amides is 1. The topological polar surface area (TPSA) is 76.1 Å². The fraction of sp³-hybridized carbons (Fsp3) is 0.333. The normalized spacial score (nSPS) is 22.9. The van der Waals surface area contributed by atoms with Crippen LogP contribution in [0.3, 0.4) is 0 Å². The first-order chi connectivity index (χ1) is 14.9. The van der Waals surface area contributed by atoms with E-state index in [4.69, 9.17) is 9.47 Å². The third-order valence-electron chi connectivity index (χ3n) is 5.75. The van der Waals surface area contributed by atoms with Crippen LogP contribution in [-0.2, 0) is 14.3 Å². The highest BCUT2D eigenvalue weighted by Gasteiger charge is 2.47. The Balaban J connectivity index is 1.83. The third-order valence-corrected chi connectivity index (χ3v) is 6.37. The van der Waals surface area contributed by atoms with E-state index in [1.807, 2.05) is 31.2 Å². The number of aryl methyl sites for hydroxylation is 1. The summed E-state index contributed by atoms with van der Waals surface area (Å²) >= 11 is 3.41. The van der Waals surface area contributed by atoms with Gasteiger partial charge in [-0.1, -0.05) is 29.8 Å². The summed E-state index contributed by atoms with van der Waals surface area (Å²) in [6.07, 6.45) is 1.67. The number of aliphatic hydroxyl groups is 1. The first-order valence-corrected chi connectivity index (χ1v) is 11.0. The molecule has 2 heterocycles. The molecule has 4 rings (SSSR count). The number of ether oxygens (including phenoxy) is 2. The number of carbonyl (C=O) groups excluding carboxylic acids is 2. The lowest BCUT2D eigenvalue weighted by molar-refractivity contribution is -0.140. The van der Waals surface area contributed by atoms with Crippen LogP contribution < -0.4 is 4.74 Å². The maximum Gasteiger partial charge on any atom is 0.295 e. The summed E-state index contributed by atoms with van der Waals surface area (Å²) in [6, 6.07) is 12.0. The molecular weight excluding hydrogens is 462 g/mol. The highest BCUT2D eigenvalue weighted by molar-refractivity contribution is 9.10. The molecule has 0 radical (unpaired) electrons. The zero-order valence-corrected chi connectivity index (χ0v) is 19.0. The van der Waals surface area contributed by atoms with Gasteiger partial charge in [-0.05, 0) is 59.5 Å². The summed E-state index contributed by atoms with van der Waals surface area (Å²) in [5.74, 6) is -0.904. The number of benzene rings is 2. The molecule has 0 spiro atoms. The van der Waals surface area contributed by atoms with E-state index in [9.17, 15) is 14.7 Å². The van der Waals surface area contributed by atoms with Crippen LogP contribution in [0, 0.1) is 6.92 Å². The minimum atomic E-state index is -0.686. The van der Waals surface area contributed by atoms with E-state index in [-0.39, 0.29) is 17.4 Å². The number of hydrogen-bond acceptors (Lipinski definition) is 5. The van der Waals surface area contributed by atoms with Gasteiger partial charge in [0, 0.05) is 18.7 Å². The zero-order valence-electron chi connectivity index (χ0n) is 17.4. The number of likely N-dealkylation sites (tertiary alicyclic amines) is 1. The number of ketones is 1. The molecule has 0 aliphatic carbocycles. The summed E-state index contributed by atoms with van der Waals surface area (Å²) in [5.41, 5.74) is 2.31. The smallest absolute Gasteiger partial charge is 0.295 e. The van der Waals surface area contributed by atoms with Gasteiger partial charge in [0.25, 0.3) is 11.7 Å². The fourth-order valence-electron chi connectivity index (χ4n) is 4.23. The fourth-order valence-corrected chi connectivity index (χ4v) is 4.77. The minimum Gasteiger partial charge on any atom is -0.507 e. The highest BCUT2D eigenvalue weighted by Crippen LogP contribution is 2.41. The molecule has 7 heteroatoms. The minimum absolute atomic E-state index is 0.0886. The Morgan fingerprint density at radius 1 is 1.26 bits per heavy atom. The SMILES string of the molecule is COc1ccc(/C(O)=C2/C(=O)C(=O)N(CC3CCCO3)C2c2cccc(C)c2)cc1Br. The lowest BCUT2D eigenvalue weighted by Crippen LogP contribution is -2.36. The van der Waals surface area contributed by atoms with Crippen molar-refractivity contribution in [3.8, 4) is 5.75 Å². The molecule has 2 aliphatic rings. The molecular formula is C24H24BrNO5. The Hall–Kier alpha value is -2.64. The second-order valence-electron chi connectivity index (χ2n) is 7.85. The number of rotatable bonds is 5. The Bertz CT molecular complexity index is 1060. The number of halogens is 1. The summed E-state index contributed by atoms with van der Waals surface area (Å²) in [6.45, 7) is 2.92. The second-order valence-corrected chi connectivity index (χ2v) is 8.70. The monoisotopic (exact) mass is 485 g/mol. The number of nitrogens with zero attached hydrogens (tertiary/aromatic N) is 1. The van der Waals surface area contributed by atoms with E-state index in [2.05, 4.69) is 15.9 Å². The third kappa shape index (κ3) is 4.12. The van der Waals surface area contributed by atoms with Crippen LogP contribution >= 0.6 is 15.9 Å². The molecule has 0 aromatic heterocycles. The van der Waals surface area contributed by atoms with Crippen molar-refractivity contribution < 1.29 is 24.2 Å². The summed E-state index contributed by atoms with van der Waals surface area (Å²) < 4.78 is 11.6. The first kappa shape index (κ1) is 21.6. The van der Waals surface area contributed by atoms with Gasteiger partial charge in [-0.15, -0.1) is 0 Å². The molecule has 2 saturated heterocycles. The van der Waals surface area contributed by atoms with E-state index in [1.165, 1.54) is 4.90 Å². The molecule has 2 fully saturated rings. The Labute approximate surface area is 189 Å². The van der Waals surface area contributed by atoms with E-state index in [1.54, 1.807) is 25.3 Å². The average molecular weight is 486 g/mol. The molecule has 31 heavy (non-hydrogen) atoms.